The van der Waals surface area contributed by atoms with Gasteiger partial charge in [0.2, 0.25) is 0 Å². The van der Waals surface area contributed by atoms with Crippen LogP contribution in [-0.4, -0.2) is 33.9 Å². The molecule has 0 saturated heterocycles. The summed E-state index contributed by atoms with van der Waals surface area (Å²) in [5.41, 5.74) is 3.52. The molecule has 0 radical (unpaired) electrons. The maximum atomic E-state index is 12.2. The zero-order valence-corrected chi connectivity index (χ0v) is 15.1. The van der Waals surface area contributed by atoms with Gasteiger partial charge in [-0.2, -0.15) is 13.2 Å². The molecule has 3 aromatic rings. The van der Waals surface area contributed by atoms with Crippen LogP contribution >= 0.6 is 12.4 Å². The molecule has 27 heavy (non-hydrogen) atoms. The molecule has 5 nitrogen and oxygen atoms in total. The molecule has 4 rings (SSSR count). The van der Waals surface area contributed by atoms with E-state index in [1.165, 1.54) is 0 Å². The second-order valence-electron chi connectivity index (χ2n) is 6.17. The Hall–Kier alpha value is -2.48. The maximum Gasteiger partial charge on any atom is 0.389 e. The van der Waals surface area contributed by atoms with Crippen LogP contribution in [-0.2, 0) is 6.42 Å². The fourth-order valence-electron chi connectivity index (χ4n) is 3.07. The molecule has 1 aliphatic rings. The minimum atomic E-state index is -4.13. The standard InChI is InChI=1S/C18H17F3N4O.ClH/c19-18(20,21)8-2-9-22-15-5-6-16-23-11-14(25(16)24-15)13-4-1-3-12-7-10-26-17(12)13;/h1,3-6,11H,2,7-10H2,(H,22,24);1H. The van der Waals surface area contributed by atoms with E-state index < -0.39 is 12.6 Å². The monoisotopic (exact) mass is 398 g/mol. The van der Waals surface area contributed by atoms with Crippen molar-refractivity contribution in [2.24, 2.45) is 0 Å². The van der Waals surface area contributed by atoms with Crippen molar-refractivity contribution in [3.8, 4) is 17.0 Å². The summed E-state index contributed by atoms with van der Waals surface area (Å²) in [7, 11) is 0. The van der Waals surface area contributed by atoms with E-state index in [1.807, 2.05) is 18.2 Å². The smallest absolute Gasteiger partial charge is 0.389 e. The molecule has 0 unspecified atom stereocenters. The highest BCUT2D eigenvalue weighted by molar-refractivity contribution is 5.85. The summed E-state index contributed by atoms with van der Waals surface area (Å²) in [5.74, 6) is 1.35. The van der Waals surface area contributed by atoms with E-state index >= 15 is 0 Å². The number of imidazole rings is 1. The van der Waals surface area contributed by atoms with Gasteiger partial charge in [0, 0.05) is 24.9 Å². The molecule has 0 spiro atoms. The van der Waals surface area contributed by atoms with Crippen LogP contribution < -0.4 is 10.1 Å². The lowest BCUT2D eigenvalue weighted by atomic mass is 10.1. The Morgan fingerprint density at radius 3 is 2.85 bits per heavy atom. The summed E-state index contributed by atoms with van der Waals surface area (Å²) in [4.78, 5) is 4.36. The van der Waals surface area contributed by atoms with E-state index in [1.54, 1.807) is 22.8 Å². The number of hydrogen-bond acceptors (Lipinski definition) is 4. The number of rotatable bonds is 5. The zero-order valence-electron chi connectivity index (χ0n) is 14.3. The van der Waals surface area contributed by atoms with Gasteiger partial charge in [-0.1, -0.05) is 12.1 Å². The lowest BCUT2D eigenvalue weighted by molar-refractivity contribution is -0.134. The van der Waals surface area contributed by atoms with Crippen LogP contribution in [0.5, 0.6) is 5.75 Å². The first-order chi connectivity index (χ1) is 12.5. The molecule has 3 heterocycles. The first-order valence-corrected chi connectivity index (χ1v) is 8.42. The summed E-state index contributed by atoms with van der Waals surface area (Å²) in [6, 6.07) is 9.47. The van der Waals surface area contributed by atoms with Crippen LogP contribution in [0, 0.1) is 0 Å². The number of halogens is 4. The van der Waals surface area contributed by atoms with E-state index in [0.29, 0.717) is 18.1 Å². The number of ether oxygens (including phenoxy) is 1. The maximum absolute atomic E-state index is 12.2. The van der Waals surface area contributed by atoms with E-state index in [0.717, 1.165) is 29.0 Å². The van der Waals surface area contributed by atoms with Crippen LogP contribution in [0.2, 0.25) is 0 Å². The number of hydrogen-bond donors (Lipinski definition) is 1. The third-order valence-corrected chi connectivity index (χ3v) is 4.30. The predicted molar refractivity (Wildman–Crippen MR) is 98.6 cm³/mol. The molecule has 0 bridgehead atoms. The van der Waals surface area contributed by atoms with Crippen molar-refractivity contribution in [2.45, 2.75) is 25.4 Å². The lowest BCUT2D eigenvalue weighted by Gasteiger charge is -2.10. The van der Waals surface area contributed by atoms with Gasteiger partial charge in [-0.05, 0) is 30.2 Å². The molecule has 144 valence electrons. The van der Waals surface area contributed by atoms with Gasteiger partial charge in [-0.15, -0.1) is 17.5 Å². The van der Waals surface area contributed by atoms with Gasteiger partial charge < -0.3 is 10.1 Å². The molecular formula is C18H18ClF3N4O. The van der Waals surface area contributed by atoms with Crippen molar-refractivity contribution < 1.29 is 17.9 Å². The number of para-hydroxylation sites is 1. The molecule has 1 N–H and O–H groups in total. The molecule has 0 aliphatic carbocycles. The summed E-state index contributed by atoms with van der Waals surface area (Å²) in [6.07, 6.45) is -2.34. The van der Waals surface area contributed by atoms with Crippen molar-refractivity contribution in [1.82, 2.24) is 14.6 Å². The quantitative estimate of drug-likeness (QED) is 0.642. The van der Waals surface area contributed by atoms with E-state index in [4.69, 9.17) is 4.74 Å². The summed E-state index contributed by atoms with van der Waals surface area (Å²) in [6.45, 7) is 0.856. The van der Waals surface area contributed by atoms with Crippen molar-refractivity contribution in [1.29, 1.82) is 0 Å². The Balaban J connectivity index is 0.00000210. The number of anilines is 1. The molecule has 0 fully saturated rings. The topological polar surface area (TPSA) is 51.5 Å². The second kappa shape index (κ2) is 7.64. The van der Waals surface area contributed by atoms with Gasteiger partial charge in [0.15, 0.2) is 5.65 Å². The number of fused-ring (bicyclic) bond motifs is 2. The SMILES string of the molecule is Cl.FC(F)(F)CCCNc1ccc2ncc(-c3cccc4c3OCC4)n2n1. The number of benzene rings is 1. The Bertz CT molecular complexity index is 942. The number of aromatic nitrogens is 3. The normalized spacial score (nSPS) is 13.1. The summed E-state index contributed by atoms with van der Waals surface area (Å²) in [5, 5.41) is 7.42. The van der Waals surface area contributed by atoms with Crippen molar-refractivity contribution >= 4 is 23.9 Å². The fourth-order valence-corrected chi connectivity index (χ4v) is 3.07. The van der Waals surface area contributed by atoms with Gasteiger partial charge >= 0.3 is 6.18 Å². The van der Waals surface area contributed by atoms with Crippen molar-refractivity contribution in [3.05, 3.63) is 42.1 Å². The van der Waals surface area contributed by atoms with Crippen LogP contribution in [0.25, 0.3) is 16.9 Å². The minimum absolute atomic E-state index is 0. The van der Waals surface area contributed by atoms with E-state index in [-0.39, 0.29) is 25.4 Å². The highest BCUT2D eigenvalue weighted by atomic mass is 35.5. The summed E-state index contributed by atoms with van der Waals surface area (Å²) < 4.78 is 44.1. The lowest BCUT2D eigenvalue weighted by Crippen LogP contribution is -2.12. The highest BCUT2D eigenvalue weighted by Gasteiger charge is 2.26. The Morgan fingerprint density at radius 1 is 1.19 bits per heavy atom. The molecule has 1 aliphatic heterocycles. The summed E-state index contributed by atoms with van der Waals surface area (Å²) >= 11 is 0. The largest absolute Gasteiger partial charge is 0.492 e. The first-order valence-electron chi connectivity index (χ1n) is 8.42. The van der Waals surface area contributed by atoms with Gasteiger partial charge in [0.1, 0.15) is 11.6 Å². The zero-order chi connectivity index (χ0) is 18.1. The molecular weight excluding hydrogens is 381 g/mol. The molecule has 2 aromatic heterocycles. The predicted octanol–water partition coefficient (Wildman–Crippen LogP) is 4.51. The van der Waals surface area contributed by atoms with Crippen molar-refractivity contribution in [2.75, 3.05) is 18.5 Å². The average Bonchev–Trinajstić information content (AvgIpc) is 3.24. The van der Waals surface area contributed by atoms with Crippen LogP contribution in [0.4, 0.5) is 19.0 Å². The van der Waals surface area contributed by atoms with Gasteiger partial charge in [0.05, 0.1) is 18.5 Å². The molecule has 0 amide bonds. The van der Waals surface area contributed by atoms with E-state index in [2.05, 4.69) is 15.4 Å². The molecule has 0 atom stereocenters. The average molecular weight is 399 g/mol. The fraction of sp³-hybridized carbons (Fsp3) is 0.333. The number of nitrogens with zero attached hydrogens (tertiary/aromatic N) is 3. The molecule has 1 aromatic carbocycles. The van der Waals surface area contributed by atoms with Gasteiger partial charge in [-0.3, -0.25) is 0 Å². The number of alkyl halides is 3. The molecule has 9 heteroatoms. The van der Waals surface area contributed by atoms with Crippen LogP contribution in [0.3, 0.4) is 0 Å². The Kier molecular flexibility index (Phi) is 5.46. The first kappa shape index (κ1) is 19.3. The third-order valence-electron chi connectivity index (χ3n) is 4.30. The third kappa shape index (κ3) is 4.10. The molecule has 0 saturated carbocycles. The van der Waals surface area contributed by atoms with Crippen molar-refractivity contribution in [3.63, 3.8) is 0 Å². The van der Waals surface area contributed by atoms with E-state index in [9.17, 15) is 13.2 Å². The van der Waals surface area contributed by atoms with Crippen LogP contribution in [0.1, 0.15) is 18.4 Å². The van der Waals surface area contributed by atoms with Gasteiger partial charge in [0.25, 0.3) is 0 Å². The van der Waals surface area contributed by atoms with Gasteiger partial charge in [-0.25, -0.2) is 9.50 Å². The minimum Gasteiger partial charge on any atom is -0.492 e. The second-order valence-corrected chi connectivity index (χ2v) is 6.17. The van der Waals surface area contributed by atoms with Crippen LogP contribution in [0.15, 0.2) is 36.5 Å². The Labute approximate surface area is 160 Å². The number of nitrogens with one attached hydrogen (secondary N) is 1. The Morgan fingerprint density at radius 2 is 2.04 bits per heavy atom. The highest BCUT2D eigenvalue weighted by Crippen LogP contribution is 2.36.